The normalized spacial score (nSPS) is 27.2. The summed E-state index contributed by atoms with van der Waals surface area (Å²) >= 11 is 6.19. The summed E-state index contributed by atoms with van der Waals surface area (Å²) in [7, 11) is 2.02. The predicted molar refractivity (Wildman–Crippen MR) is 81.0 cm³/mol. The van der Waals surface area contributed by atoms with Gasteiger partial charge in [0.1, 0.15) is 11.9 Å². The van der Waals surface area contributed by atoms with Crippen LogP contribution in [0.15, 0.2) is 24.3 Å². The third-order valence-corrected chi connectivity index (χ3v) is 4.40. The zero-order chi connectivity index (χ0) is 13.7. The molecule has 0 bridgehead atoms. The van der Waals surface area contributed by atoms with Gasteiger partial charge in [-0.1, -0.05) is 43.5 Å². The quantitative estimate of drug-likeness (QED) is 0.870. The van der Waals surface area contributed by atoms with Crippen molar-refractivity contribution in [2.75, 3.05) is 7.05 Å². The Labute approximate surface area is 121 Å². The first-order chi connectivity index (χ1) is 9.24. The molecule has 0 heterocycles. The molecule has 106 valence electrons. The van der Waals surface area contributed by atoms with Crippen LogP contribution >= 0.6 is 11.6 Å². The van der Waals surface area contributed by atoms with Crippen LogP contribution in [0, 0.1) is 5.92 Å². The monoisotopic (exact) mass is 281 g/mol. The Kier molecular flexibility index (Phi) is 5.53. The molecule has 0 saturated heterocycles. The van der Waals surface area contributed by atoms with Gasteiger partial charge in [0.15, 0.2) is 0 Å². The molecular formula is C16H24ClNO. The summed E-state index contributed by atoms with van der Waals surface area (Å²) in [6.45, 7) is 2.26. The molecule has 0 radical (unpaired) electrons. The molecule has 0 spiro atoms. The number of likely N-dealkylation sites (N-methyl/N-ethyl adjacent to an activating group) is 1. The lowest BCUT2D eigenvalue weighted by molar-refractivity contribution is 0.0867. The molecule has 1 aromatic carbocycles. The van der Waals surface area contributed by atoms with Crippen molar-refractivity contribution in [2.45, 2.75) is 51.2 Å². The van der Waals surface area contributed by atoms with Crippen molar-refractivity contribution >= 4 is 11.6 Å². The Morgan fingerprint density at radius 2 is 2.11 bits per heavy atom. The molecule has 1 aliphatic rings. The van der Waals surface area contributed by atoms with Gasteiger partial charge in [0, 0.05) is 6.04 Å². The smallest absolute Gasteiger partial charge is 0.138 e. The second-order valence-corrected chi connectivity index (χ2v) is 5.86. The lowest BCUT2D eigenvalue weighted by atomic mass is 9.81. The van der Waals surface area contributed by atoms with Crippen molar-refractivity contribution in [3.63, 3.8) is 0 Å². The number of halogens is 1. The Morgan fingerprint density at radius 3 is 2.79 bits per heavy atom. The lowest BCUT2D eigenvalue weighted by Gasteiger charge is -2.36. The zero-order valence-electron chi connectivity index (χ0n) is 11.9. The van der Waals surface area contributed by atoms with Crippen LogP contribution in [0.5, 0.6) is 5.75 Å². The average Bonchev–Trinajstić information content (AvgIpc) is 2.42. The summed E-state index contributed by atoms with van der Waals surface area (Å²) in [6.07, 6.45) is 6.42. The summed E-state index contributed by atoms with van der Waals surface area (Å²) in [5.74, 6) is 1.61. The van der Waals surface area contributed by atoms with Crippen LogP contribution in [-0.4, -0.2) is 19.2 Å². The lowest BCUT2D eigenvalue weighted by Crippen LogP contribution is -2.45. The molecule has 1 aliphatic carbocycles. The molecular weight excluding hydrogens is 258 g/mol. The van der Waals surface area contributed by atoms with E-state index >= 15 is 0 Å². The highest BCUT2D eigenvalue weighted by Crippen LogP contribution is 2.33. The van der Waals surface area contributed by atoms with Gasteiger partial charge >= 0.3 is 0 Å². The van der Waals surface area contributed by atoms with Crippen LogP contribution < -0.4 is 10.1 Å². The van der Waals surface area contributed by atoms with Gasteiger partial charge in [-0.2, -0.15) is 0 Å². The first kappa shape index (κ1) is 14.7. The standard InChI is InChI=1S/C16H24ClNO/c1-3-6-12-9-10-14(18-2)16(11-12)19-15-8-5-4-7-13(15)17/h4-5,7-8,12,14,16,18H,3,6,9-11H2,1-2H3. The van der Waals surface area contributed by atoms with Crippen LogP contribution in [0.4, 0.5) is 0 Å². The van der Waals surface area contributed by atoms with Gasteiger partial charge in [-0.05, 0) is 44.4 Å². The highest BCUT2D eigenvalue weighted by atomic mass is 35.5. The molecule has 3 atom stereocenters. The van der Waals surface area contributed by atoms with Gasteiger partial charge in [0.25, 0.3) is 0 Å². The molecule has 1 aromatic rings. The maximum Gasteiger partial charge on any atom is 0.138 e. The topological polar surface area (TPSA) is 21.3 Å². The third-order valence-electron chi connectivity index (χ3n) is 4.08. The average molecular weight is 282 g/mol. The molecule has 3 heteroatoms. The molecule has 1 N–H and O–H groups in total. The van der Waals surface area contributed by atoms with Crippen molar-refractivity contribution in [1.29, 1.82) is 0 Å². The fourth-order valence-electron chi connectivity index (χ4n) is 3.05. The first-order valence-electron chi connectivity index (χ1n) is 7.33. The first-order valence-corrected chi connectivity index (χ1v) is 7.70. The molecule has 19 heavy (non-hydrogen) atoms. The summed E-state index contributed by atoms with van der Waals surface area (Å²) in [4.78, 5) is 0. The Balaban J connectivity index is 2.04. The van der Waals surface area contributed by atoms with E-state index in [2.05, 4.69) is 12.2 Å². The molecule has 3 unspecified atom stereocenters. The van der Waals surface area contributed by atoms with Crippen molar-refractivity contribution in [3.05, 3.63) is 29.3 Å². The predicted octanol–water partition coefficient (Wildman–Crippen LogP) is 4.28. The Hall–Kier alpha value is -0.730. The van der Waals surface area contributed by atoms with E-state index in [0.29, 0.717) is 11.1 Å². The van der Waals surface area contributed by atoms with E-state index in [4.69, 9.17) is 16.3 Å². The van der Waals surface area contributed by atoms with E-state index in [9.17, 15) is 0 Å². The third kappa shape index (κ3) is 3.87. The van der Waals surface area contributed by atoms with Gasteiger partial charge in [0.2, 0.25) is 0 Å². The minimum atomic E-state index is 0.232. The fraction of sp³-hybridized carbons (Fsp3) is 0.625. The van der Waals surface area contributed by atoms with Gasteiger partial charge in [-0.3, -0.25) is 0 Å². The SMILES string of the molecule is CCCC1CCC(NC)C(Oc2ccccc2Cl)C1. The van der Waals surface area contributed by atoms with E-state index in [-0.39, 0.29) is 6.10 Å². The van der Waals surface area contributed by atoms with E-state index in [0.717, 1.165) is 18.1 Å². The highest BCUT2D eigenvalue weighted by molar-refractivity contribution is 6.32. The second kappa shape index (κ2) is 7.16. The molecule has 2 rings (SSSR count). The summed E-state index contributed by atoms with van der Waals surface area (Å²) in [6, 6.07) is 8.19. The molecule has 1 saturated carbocycles. The van der Waals surface area contributed by atoms with Crippen LogP contribution in [0.3, 0.4) is 0 Å². The maximum absolute atomic E-state index is 6.19. The van der Waals surface area contributed by atoms with Crippen LogP contribution in [0.25, 0.3) is 0 Å². The van der Waals surface area contributed by atoms with Crippen LogP contribution in [-0.2, 0) is 0 Å². The molecule has 0 aliphatic heterocycles. The number of hydrogen-bond donors (Lipinski definition) is 1. The van der Waals surface area contributed by atoms with Gasteiger partial charge < -0.3 is 10.1 Å². The van der Waals surface area contributed by atoms with Crippen molar-refractivity contribution < 1.29 is 4.74 Å². The van der Waals surface area contributed by atoms with Gasteiger partial charge in [-0.25, -0.2) is 0 Å². The van der Waals surface area contributed by atoms with Crippen molar-refractivity contribution in [1.82, 2.24) is 5.32 Å². The minimum absolute atomic E-state index is 0.232. The summed E-state index contributed by atoms with van der Waals surface area (Å²) < 4.78 is 6.17. The number of para-hydroxylation sites is 1. The van der Waals surface area contributed by atoms with Crippen LogP contribution in [0.2, 0.25) is 5.02 Å². The second-order valence-electron chi connectivity index (χ2n) is 5.45. The Bertz CT molecular complexity index is 396. The molecule has 1 fully saturated rings. The number of nitrogens with one attached hydrogen (secondary N) is 1. The number of hydrogen-bond acceptors (Lipinski definition) is 2. The van der Waals surface area contributed by atoms with E-state index in [1.54, 1.807) is 0 Å². The van der Waals surface area contributed by atoms with Gasteiger partial charge in [0.05, 0.1) is 5.02 Å². The van der Waals surface area contributed by atoms with Gasteiger partial charge in [-0.15, -0.1) is 0 Å². The van der Waals surface area contributed by atoms with E-state index in [1.807, 2.05) is 31.3 Å². The Morgan fingerprint density at radius 1 is 1.32 bits per heavy atom. The number of rotatable bonds is 5. The maximum atomic E-state index is 6.19. The van der Waals surface area contributed by atoms with Crippen molar-refractivity contribution in [2.24, 2.45) is 5.92 Å². The highest BCUT2D eigenvalue weighted by Gasteiger charge is 2.31. The van der Waals surface area contributed by atoms with E-state index in [1.165, 1.54) is 25.7 Å². The largest absolute Gasteiger partial charge is 0.487 e. The minimum Gasteiger partial charge on any atom is -0.487 e. The van der Waals surface area contributed by atoms with Crippen LogP contribution in [0.1, 0.15) is 39.0 Å². The molecule has 0 amide bonds. The van der Waals surface area contributed by atoms with E-state index < -0.39 is 0 Å². The number of ether oxygens (including phenoxy) is 1. The van der Waals surface area contributed by atoms with Crippen molar-refractivity contribution in [3.8, 4) is 5.75 Å². The molecule has 2 nitrogen and oxygen atoms in total. The molecule has 0 aromatic heterocycles. The summed E-state index contributed by atoms with van der Waals surface area (Å²) in [5, 5.41) is 4.09. The number of benzene rings is 1. The fourth-order valence-corrected chi connectivity index (χ4v) is 3.23. The zero-order valence-corrected chi connectivity index (χ0v) is 12.6. The summed E-state index contributed by atoms with van der Waals surface area (Å²) in [5.41, 5.74) is 0.